The topological polar surface area (TPSA) is 41.6 Å². The van der Waals surface area contributed by atoms with Gasteiger partial charge in [0.2, 0.25) is 0 Å². The molecule has 1 aliphatic carbocycles. The van der Waals surface area contributed by atoms with Gasteiger partial charge in [-0.3, -0.25) is 9.69 Å². The Balaban J connectivity index is 2.54. The smallest absolute Gasteiger partial charge is 0.324 e. The van der Waals surface area contributed by atoms with Gasteiger partial charge in [-0.1, -0.05) is 33.1 Å². The number of hydrogen-bond donors (Lipinski definition) is 1. The van der Waals surface area contributed by atoms with Gasteiger partial charge < -0.3 is 10.1 Å². The van der Waals surface area contributed by atoms with Crippen molar-refractivity contribution < 1.29 is 9.53 Å². The van der Waals surface area contributed by atoms with Crippen molar-refractivity contribution >= 4 is 5.97 Å². The Morgan fingerprint density at radius 3 is 2.50 bits per heavy atom. The minimum Gasteiger partial charge on any atom is -0.468 e. The third-order valence-electron chi connectivity index (χ3n) is 3.85. The number of ether oxygens (including phenoxy) is 1. The molecule has 0 amide bonds. The molecule has 0 bridgehead atoms. The monoisotopic (exact) mass is 256 g/mol. The van der Waals surface area contributed by atoms with Crippen LogP contribution in [0, 0.1) is 0 Å². The van der Waals surface area contributed by atoms with Crippen LogP contribution in [-0.2, 0) is 9.53 Å². The quantitative estimate of drug-likeness (QED) is 0.705. The first kappa shape index (κ1) is 15.4. The van der Waals surface area contributed by atoms with Crippen LogP contribution in [0.2, 0.25) is 0 Å². The summed E-state index contributed by atoms with van der Waals surface area (Å²) < 4.78 is 4.87. The van der Waals surface area contributed by atoms with E-state index in [1.54, 1.807) is 0 Å². The minimum absolute atomic E-state index is 0.147. The van der Waals surface area contributed by atoms with Crippen LogP contribution in [-0.4, -0.2) is 49.7 Å². The highest BCUT2D eigenvalue weighted by molar-refractivity contribution is 5.75. The molecule has 1 rings (SSSR count). The van der Waals surface area contributed by atoms with Crippen molar-refractivity contribution in [2.45, 2.75) is 58.0 Å². The molecule has 0 aromatic carbocycles. The van der Waals surface area contributed by atoms with Crippen LogP contribution in [0.5, 0.6) is 0 Å². The van der Waals surface area contributed by atoms with Crippen LogP contribution in [0.15, 0.2) is 0 Å². The maximum absolute atomic E-state index is 11.7. The largest absolute Gasteiger partial charge is 0.468 e. The molecule has 106 valence electrons. The van der Waals surface area contributed by atoms with Crippen LogP contribution in [0.4, 0.5) is 0 Å². The molecule has 0 radical (unpaired) electrons. The van der Waals surface area contributed by atoms with E-state index in [4.69, 9.17) is 4.74 Å². The third kappa shape index (κ3) is 4.58. The molecule has 0 aliphatic heterocycles. The SMILES string of the molecule is CCNC(CN(CC)C1CCCCC1)C(=O)OC. The fourth-order valence-electron chi connectivity index (χ4n) is 2.83. The predicted octanol–water partition coefficient (Wildman–Crippen LogP) is 1.79. The van der Waals surface area contributed by atoms with Gasteiger partial charge in [0.05, 0.1) is 7.11 Å². The fraction of sp³-hybridized carbons (Fsp3) is 0.929. The molecule has 0 saturated heterocycles. The van der Waals surface area contributed by atoms with Crippen molar-refractivity contribution in [3.05, 3.63) is 0 Å². The predicted molar refractivity (Wildman–Crippen MR) is 73.6 cm³/mol. The van der Waals surface area contributed by atoms with Gasteiger partial charge in [0.25, 0.3) is 0 Å². The lowest BCUT2D eigenvalue weighted by Crippen LogP contribution is -2.50. The van der Waals surface area contributed by atoms with Gasteiger partial charge in [-0.2, -0.15) is 0 Å². The Morgan fingerprint density at radius 1 is 1.33 bits per heavy atom. The Kier molecular flexibility index (Phi) is 7.28. The summed E-state index contributed by atoms with van der Waals surface area (Å²) in [7, 11) is 1.46. The maximum atomic E-state index is 11.7. The molecule has 4 nitrogen and oxygen atoms in total. The van der Waals surface area contributed by atoms with Crippen molar-refractivity contribution in [2.75, 3.05) is 26.7 Å². The molecule has 0 heterocycles. The van der Waals surface area contributed by atoms with Crippen molar-refractivity contribution in [1.82, 2.24) is 10.2 Å². The fourth-order valence-corrected chi connectivity index (χ4v) is 2.83. The van der Waals surface area contributed by atoms with Gasteiger partial charge in [-0.25, -0.2) is 0 Å². The van der Waals surface area contributed by atoms with E-state index < -0.39 is 0 Å². The summed E-state index contributed by atoms with van der Waals surface area (Å²) >= 11 is 0. The summed E-state index contributed by atoms with van der Waals surface area (Å²) in [5.41, 5.74) is 0. The van der Waals surface area contributed by atoms with E-state index in [2.05, 4.69) is 17.1 Å². The average molecular weight is 256 g/mol. The number of nitrogens with zero attached hydrogens (tertiary/aromatic N) is 1. The summed E-state index contributed by atoms with van der Waals surface area (Å²) in [6.07, 6.45) is 6.56. The molecule has 1 unspecified atom stereocenters. The molecule has 18 heavy (non-hydrogen) atoms. The maximum Gasteiger partial charge on any atom is 0.324 e. The molecule has 0 spiro atoms. The highest BCUT2D eigenvalue weighted by atomic mass is 16.5. The van der Waals surface area contributed by atoms with E-state index in [1.165, 1.54) is 39.2 Å². The number of hydrogen-bond acceptors (Lipinski definition) is 4. The second-order valence-electron chi connectivity index (χ2n) is 5.01. The highest BCUT2D eigenvalue weighted by Crippen LogP contribution is 2.22. The normalized spacial score (nSPS) is 18.9. The third-order valence-corrected chi connectivity index (χ3v) is 3.85. The van der Waals surface area contributed by atoms with Crippen LogP contribution in [0.1, 0.15) is 46.0 Å². The molecule has 1 aliphatic rings. The van der Waals surface area contributed by atoms with Crippen molar-refractivity contribution in [1.29, 1.82) is 0 Å². The average Bonchev–Trinajstić information content (AvgIpc) is 2.43. The molecule has 1 saturated carbocycles. The van der Waals surface area contributed by atoms with Crippen LogP contribution < -0.4 is 5.32 Å². The summed E-state index contributed by atoms with van der Waals surface area (Å²) in [4.78, 5) is 14.2. The molecule has 1 atom stereocenters. The summed E-state index contributed by atoms with van der Waals surface area (Å²) in [6, 6.07) is 0.455. The molecular formula is C14H28N2O2. The van der Waals surface area contributed by atoms with Gasteiger partial charge in [0.1, 0.15) is 6.04 Å². The zero-order valence-electron chi connectivity index (χ0n) is 12.1. The summed E-state index contributed by atoms with van der Waals surface area (Å²) in [5.74, 6) is -0.147. The number of esters is 1. The standard InChI is InChI=1S/C14H28N2O2/c1-4-15-13(14(17)18-3)11-16(5-2)12-9-7-6-8-10-12/h12-13,15H,4-11H2,1-3H3. The summed E-state index contributed by atoms with van der Waals surface area (Å²) in [5, 5.41) is 3.22. The number of carbonyl (C=O) groups excluding carboxylic acids is 1. The second kappa shape index (κ2) is 8.48. The lowest BCUT2D eigenvalue weighted by molar-refractivity contribution is -0.143. The van der Waals surface area contributed by atoms with Gasteiger partial charge in [0, 0.05) is 12.6 Å². The molecule has 4 heteroatoms. The lowest BCUT2D eigenvalue weighted by Gasteiger charge is -2.35. The van der Waals surface area contributed by atoms with Gasteiger partial charge >= 0.3 is 5.97 Å². The molecule has 0 aromatic heterocycles. The number of rotatable bonds is 7. The lowest BCUT2D eigenvalue weighted by atomic mass is 9.94. The Labute approximate surface area is 111 Å². The van der Waals surface area contributed by atoms with Gasteiger partial charge in [0.15, 0.2) is 0 Å². The number of carbonyl (C=O) groups is 1. The first-order valence-corrected chi connectivity index (χ1v) is 7.28. The van der Waals surface area contributed by atoms with Crippen LogP contribution in [0.3, 0.4) is 0 Å². The number of methoxy groups -OCH3 is 1. The zero-order chi connectivity index (χ0) is 13.4. The Bertz CT molecular complexity index is 240. The van der Waals surface area contributed by atoms with E-state index in [0.717, 1.165) is 19.6 Å². The van der Waals surface area contributed by atoms with Gasteiger partial charge in [-0.05, 0) is 25.9 Å². The highest BCUT2D eigenvalue weighted by Gasteiger charge is 2.26. The summed E-state index contributed by atoms with van der Waals surface area (Å²) in [6.45, 7) is 6.76. The Hall–Kier alpha value is -0.610. The molecule has 1 N–H and O–H groups in total. The number of nitrogens with one attached hydrogen (secondary N) is 1. The van der Waals surface area contributed by atoms with E-state index in [1.807, 2.05) is 6.92 Å². The van der Waals surface area contributed by atoms with Crippen molar-refractivity contribution in [3.63, 3.8) is 0 Å². The van der Waals surface area contributed by atoms with Crippen molar-refractivity contribution in [2.24, 2.45) is 0 Å². The van der Waals surface area contributed by atoms with Crippen LogP contribution in [0.25, 0.3) is 0 Å². The minimum atomic E-state index is -0.193. The van der Waals surface area contributed by atoms with E-state index in [9.17, 15) is 4.79 Å². The van der Waals surface area contributed by atoms with E-state index in [0.29, 0.717) is 6.04 Å². The molecule has 0 aromatic rings. The Morgan fingerprint density at radius 2 is 2.00 bits per heavy atom. The van der Waals surface area contributed by atoms with Crippen LogP contribution >= 0.6 is 0 Å². The van der Waals surface area contributed by atoms with Crippen molar-refractivity contribution in [3.8, 4) is 0 Å². The first-order valence-electron chi connectivity index (χ1n) is 7.28. The number of likely N-dealkylation sites (N-methyl/N-ethyl adjacent to an activating group) is 2. The van der Waals surface area contributed by atoms with Gasteiger partial charge in [-0.15, -0.1) is 0 Å². The molecular weight excluding hydrogens is 228 g/mol. The first-order chi connectivity index (χ1) is 8.72. The second-order valence-corrected chi connectivity index (χ2v) is 5.01. The van der Waals surface area contributed by atoms with E-state index in [-0.39, 0.29) is 12.0 Å². The zero-order valence-corrected chi connectivity index (χ0v) is 12.1. The van der Waals surface area contributed by atoms with E-state index >= 15 is 0 Å². The molecule has 1 fully saturated rings.